The van der Waals surface area contributed by atoms with E-state index in [-0.39, 0.29) is 18.3 Å². The van der Waals surface area contributed by atoms with E-state index in [2.05, 4.69) is 407 Å². The highest BCUT2D eigenvalue weighted by Gasteiger charge is 3.07. The van der Waals surface area contributed by atoms with Crippen molar-refractivity contribution in [2.75, 3.05) is 0 Å². The van der Waals surface area contributed by atoms with Crippen LogP contribution >= 0.6 is 407 Å². The van der Waals surface area contributed by atoms with Gasteiger partial charge in [-0.15, -0.1) is 0 Å². The second-order valence-corrected chi connectivity index (χ2v) is 61.9. The Morgan fingerprint density at radius 1 is 0.357 bits per heavy atom. The van der Waals surface area contributed by atoms with Crippen molar-refractivity contribution >= 4 is 407 Å². The summed E-state index contributed by atoms with van der Waals surface area (Å²) in [6, 6.07) is 0. The van der Waals surface area contributed by atoms with Crippen molar-refractivity contribution in [1.29, 1.82) is 0 Å². The van der Waals surface area contributed by atoms with Gasteiger partial charge in [0.25, 0.3) is 0 Å². The topological polar surface area (TPSA) is 0 Å². The molecule has 0 atom stereocenters. The molecule has 2 bridgehead atoms. The molecule has 0 aromatic carbocycles. The molecule has 0 aromatic rings. The molecule has 166 valence electrons. The Morgan fingerprint density at radius 3 is 0.750 bits per heavy atom. The first kappa shape index (κ1) is 37.3. The summed E-state index contributed by atoms with van der Waals surface area (Å²) in [7, 11) is 0. The van der Waals surface area contributed by atoms with Gasteiger partial charge in [-0.1, -0.05) is 407 Å². The van der Waals surface area contributed by atoms with Crippen molar-refractivity contribution < 1.29 is 0 Å². The van der Waals surface area contributed by atoms with Crippen LogP contribution in [-0.4, -0.2) is 7.44 Å². The van der Waals surface area contributed by atoms with Gasteiger partial charge >= 0.3 is 0 Å². The second-order valence-electron chi connectivity index (χ2n) is 5.95. The first-order valence-corrected chi connectivity index (χ1v) is 25.6. The first-order valence-electron chi connectivity index (χ1n) is 6.15. The predicted octanol–water partition coefficient (Wildman–Crippen LogP) is 14.3. The fourth-order valence-electron chi connectivity index (χ4n) is 4.04. The summed E-state index contributed by atoms with van der Waals surface area (Å²) in [5.41, 5.74) is -0.0496. The fraction of sp³-hybridized carbons (Fsp3) is 1.00. The van der Waals surface area contributed by atoms with Crippen molar-refractivity contribution in [1.82, 2.24) is 0 Å². The van der Waals surface area contributed by atoms with E-state index in [1.165, 1.54) is 0 Å². The van der Waals surface area contributed by atoms with E-state index in [9.17, 15) is 0 Å². The molecule has 2 rings (SSSR count). The van der Waals surface area contributed by atoms with Gasteiger partial charge in [-0.05, 0) is 0 Å². The quantitative estimate of drug-likeness (QED) is 0.195. The van der Waals surface area contributed by atoms with Gasteiger partial charge in [-0.3, -0.25) is 0 Å². The van der Waals surface area contributed by atoms with Crippen LogP contribution in [0.25, 0.3) is 0 Å². The van der Waals surface area contributed by atoms with Crippen LogP contribution in [-0.2, 0) is 0 Å². The molecule has 0 radical (unpaired) electrons. The number of hydrogen-bond acceptors (Lipinski definition) is 0. The smallest absolute Gasteiger partial charge is 0.0732 e. The van der Waals surface area contributed by atoms with Crippen molar-refractivity contribution in [3.63, 3.8) is 0 Å². The van der Waals surface area contributed by atoms with Crippen LogP contribution < -0.4 is 0 Å². The molecule has 0 heterocycles. The standard InChI is InChI=1S/C10I18/c11-3-1(8(20,21)22,9(23,24)25)2(10(26,27)28,4(12,13)6(3,16)17)5(14,15)7(3,18)19. The lowest BCUT2D eigenvalue weighted by Crippen LogP contribution is -2.70. The third kappa shape index (κ3) is 4.53. The average Bonchev–Trinajstić information content (AvgIpc) is 2.55. The maximum absolute atomic E-state index is 2.93. The zero-order chi connectivity index (χ0) is 23.0. The van der Waals surface area contributed by atoms with E-state index >= 15 is 0 Å². The summed E-state index contributed by atoms with van der Waals surface area (Å²) in [5, 5.41) is 0. The van der Waals surface area contributed by atoms with E-state index in [4.69, 9.17) is 0 Å². The molecule has 2 aliphatic rings. The minimum atomic E-state index is -0.0248. The Morgan fingerprint density at radius 2 is 0.607 bits per heavy atom. The predicted molar refractivity (Wildman–Crippen MR) is 279 cm³/mol. The Bertz CT molecular complexity index is 623. The van der Waals surface area contributed by atoms with Gasteiger partial charge in [0.15, 0.2) is 0 Å². The zero-order valence-electron chi connectivity index (χ0n) is 11.8. The van der Waals surface area contributed by atoms with Crippen LogP contribution in [0, 0.1) is 10.8 Å². The van der Waals surface area contributed by atoms with E-state index in [0.717, 1.165) is 0 Å². The molecule has 0 unspecified atom stereocenters. The minimum Gasteiger partial charge on any atom is -0.0732 e. The SMILES string of the molecule is IC(I)(I)C12C(I)(I)C(I)(I)C(I)(C(I)(I)C1(I)I)C2(C(I)(I)I)C(I)(I)I. The summed E-state index contributed by atoms with van der Waals surface area (Å²) >= 11 is 50.6. The van der Waals surface area contributed by atoms with Gasteiger partial charge in [-0.25, -0.2) is 0 Å². The summed E-state index contributed by atoms with van der Waals surface area (Å²) in [4.78, 5) is 0. The van der Waals surface area contributed by atoms with E-state index in [1.54, 1.807) is 0 Å². The Kier molecular flexibility index (Phi) is 15.3. The number of halogens is 18. The van der Waals surface area contributed by atoms with Crippen LogP contribution in [0.5, 0.6) is 0 Å². The van der Waals surface area contributed by atoms with Gasteiger partial charge < -0.3 is 0 Å². The van der Waals surface area contributed by atoms with E-state index in [1.807, 2.05) is 0 Å². The normalized spacial score (nSPS) is 37.9. The molecule has 0 amide bonds. The van der Waals surface area contributed by atoms with Crippen LogP contribution in [0.15, 0.2) is 0 Å². The third-order valence-electron chi connectivity index (χ3n) is 4.95. The van der Waals surface area contributed by atoms with Gasteiger partial charge in [0.1, 0.15) is 4.02 Å². The lowest BCUT2D eigenvalue weighted by Gasteiger charge is -2.63. The van der Waals surface area contributed by atoms with E-state index in [0.29, 0.717) is 0 Å². The molecule has 0 spiro atoms. The molecule has 0 N–H and O–H groups in total. The minimum absolute atomic E-state index is 0.00232. The number of rotatable bonds is 3. The monoisotopic (exact) mass is 2400 g/mol. The molecule has 0 saturated heterocycles. The second kappa shape index (κ2) is 11.5. The molecule has 0 aliphatic heterocycles. The molecular weight excluding hydrogens is 2400 g/mol. The summed E-state index contributed by atoms with van der Waals surface area (Å²) in [5.74, 6) is 0. The Labute approximate surface area is 411 Å². The summed E-state index contributed by atoms with van der Waals surface area (Å²) in [6.07, 6.45) is 0. The van der Waals surface area contributed by atoms with E-state index < -0.39 is 0 Å². The van der Waals surface area contributed by atoms with Crippen LogP contribution in [0.1, 0.15) is 0 Å². The Balaban J connectivity index is 3.46. The van der Waals surface area contributed by atoms with Crippen molar-refractivity contribution in [3.05, 3.63) is 0 Å². The zero-order valence-corrected chi connectivity index (χ0v) is 50.6. The molecule has 28 heavy (non-hydrogen) atoms. The van der Waals surface area contributed by atoms with Crippen molar-refractivity contribution in [3.8, 4) is 0 Å². The summed E-state index contributed by atoms with van der Waals surface area (Å²) in [6.45, 7) is 0. The number of fused-ring (bicyclic) bond motifs is 2. The van der Waals surface area contributed by atoms with Crippen LogP contribution in [0.2, 0.25) is 0 Å². The van der Waals surface area contributed by atoms with Crippen molar-refractivity contribution in [2.45, 2.75) is 7.44 Å². The maximum Gasteiger partial charge on any atom is 0.135 e. The number of hydrogen-bond donors (Lipinski definition) is 0. The third-order valence-corrected chi connectivity index (χ3v) is 40.0. The summed E-state index contributed by atoms with van der Waals surface area (Å²) < 4.78 is 0.0902. The van der Waals surface area contributed by atoms with Crippen LogP contribution in [0.4, 0.5) is 0 Å². The maximum atomic E-state index is 2.93. The van der Waals surface area contributed by atoms with Gasteiger partial charge in [-0.2, -0.15) is 0 Å². The fourth-order valence-corrected chi connectivity index (χ4v) is 48.4. The number of alkyl halides is 18. The van der Waals surface area contributed by atoms with Crippen LogP contribution in [0.3, 0.4) is 0 Å². The molecule has 18 heteroatoms. The average molecular weight is 2400 g/mol. The highest BCUT2D eigenvalue weighted by molar-refractivity contribution is 14.3. The lowest BCUT2D eigenvalue weighted by atomic mass is 9.70. The molecule has 2 saturated carbocycles. The highest BCUT2D eigenvalue weighted by atomic mass is 127. The lowest BCUT2D eigenvalue weighted by molar-refractivity contribution is 0.177. The highest BCUT2D eigenvalue weighted by Crippen LogP contribution is 3.04. The first-order chi connectivity index (χ1) is 11.8. The van der Waals surface area contributed by atoms with Gasteiger partial charge in [0.05, 0.1) is 14.3 Å². The van der Waals surface area contributed by atoms with Crippen molar-refractivity contribution in [2.24, 2.45) is 10.8 Å². The largest absolute Gasteiger partial charge is 0.135 e. The molecule has 2 fully saturated rings. The van der Waals surface area contributed by atoms with Gasteiger partial charge in [0, 0.05) is 0 Å². The molecule has 0 nitrogen and oxygen atoms in total. The molecular formula is C10I18. The molecule has 2 aliphatic carbocycles. The van der Waals surface area contributed by atoms with Gasteiger partial charge in [0.2, 0.25) is 0 Å². The molecule has 0 aromatic heterocycles. The Hall–Kier alpha value is 13.1.